The van der Waals surface area contributed by atoms with Crippen LogP contribution in [0.1, 0.15) is 45.2 Å². The number of anilines is 1. The van der Waals surface area contributed by atoms with Gasteiger partial charge in [-0.25, -0.2) is 4.98 Å². The average Bonchev–Trinajstić information content (AvgIpc) is 3.08. The monoisotopic (exact) mass is 385 g/mol. The fourth-order valence-electron chi connectivity index (χ4n) is 3.54. The van der Waals surface area contributed by atoms with Crippen LogP contribution in [0.15, 0.2) is 4.79 Å². The number of rotatable bonds is 2. The zero-order valence-electron chi connectivity index (χ0n) is 14.8. The van der Waals surface area contributed by atoms with E-state index in [1.807, 2.05) is 13.8 Å². The lowest BCUT2D eigenvalue weighted by Gasteiger charge is -2.31. The van der Waals surface area contributed by atoms with Crippen molar-refractivity contribution in [3.8, 4) is 6.07 Å². The minimum Gasteiger partial charge on any atom is -0.389 e. The Kier molecular flexibility index (Phi) is 4.10. The Morgan fingerprint density at radius 1 is 1.38 bits per heavy atom. The highest BCUT2D eigenvalue weighted by atomic mass is 32.1. The second kappa shape index (κ2) is 6.20. The molecule has 0 spiro atoms. The van der Waals surface area contributed by atoms with Crippen LogP contribution in [0.25, 0.3) is 10.2 Å². The molecule has 1 aliphatic heterocycles. The molecule has 0 aromatic carbocycles. The van der Waals surface area contributed by atoms with Crippen molar-refractivity contribution in [1.82, 2.24) is 14.9 Å². The standard InChI is InChI=1S/C18H19N5OS2/c1-8-10(3)25-18-14(8)17(24)21-16(22-18)9(2)23-5-4-11-12(6-19)15(20)26-13(11)7-23/h9H,4-5,7,20H2,1-3H3,(H,21,22,24)/t9-/m1/s1. The number of nitrogen functional groups attached to an aromatic ring is 1. The number of thiophene rings is 2. The van der Waals surface area contributed by atoms with Crippen LogP contribution < -0.4 is 11.3 Å². The predicted octanol–water partition coefficient (Wildman–Crippen LogP) is 3.24. The Hall–Kier alpha value is -2.21. The van der Waals surface area contributed by atoms with E-state index in [2.05, 4.69) is 22.9 Å². The summed E-state index contributed by atoms with van der Waals surface area (Å²) >= 11 is 3.06. The number of nitrogens with two attached hydrogens (primary N) is 1. The Morgan fingerprint density at radius 2 is 2.15 bits per heavy atom. The molecule has 0 saturated carbocycles. The smallest absolute Gasteiger partial charge is 0.259 e. The van der Waals surface area contributed by atoms with Crippen LogP contribution in [0, 0.1) is 25.2 Å². The van der Waals surface area contributed by atoms with Gasteiger partial charge in [0.25, 0.3) is 5.56 Å². The lowest BCUT2D eigenvalue weighted by molar-refractivity contribution is 0.187. The van der Waals surface area contributed by atoms with Crippen LogP contribution in [0.5, 0.6) is 0 Å². The fourth-order valence-corrected chi connectivity index (χ4v) is 5.67. The zero-order valence-corrected chi connectivity index (χ0v) is 16.5. The minimum atomic E-state index is -0.0662. The van der Waals surface area contributed by atoms with Crippen LogP contribution in [-0.4, -0.2) is 21.4 Å². The summed E-state index contributed by atoms with van der Waals surface area (Å²) < 4.78 is 0. The number of hydrogen-bond donors (Lipinski definition) is 2. The first-order chi connectivity index (χ1) is 12.4. The van der Waals surface area contributed by atoms with Crippen LogP contribution in [-0.2, 0) is 13.0 Å². The molecular formula is C18H19N5OS2. The third-order valence-electron chi connectivity index (χ3n) is 5.23. The molecule has 8 heteroatoms. The highest BCUT2D eigenvalue weighted by Gasteiger charge is 2.28. The molecule has 1 aliphatic rings. The second-order valence-electron chi connectivity index (χ2n) is 6.67. The molecule has 3 aromatic heterocycles. The van der Waals surface area contributed by atoms with Gasteiger partial charge < -0.3 is 10.7 Å². The summed E-state index contributed by atoms with van der Waals surface area (Å²) in [6.07, 6.45) is 0.792. The summed E-state index contributed by atoms with van der Waals surface area (Å²) in [4.78, 5) is 25.6. The summed E-state index contributed by atoms with van der Waals surface area (Å²) in [7, 11) is 0. The van der Waals surface area contributed by atoms with Crippen molar-refractivity contribution in [3.63, 3.8) is 0 Å². The highest BCUT2D eigenvalue weighted by Crippen LogP contribution is 2.37. The van der Waals surface area contributed by atoms with Crippen LogP contribution in [0.4, 0.5) is 5.00 Å². The number of aromatic amines is 1. The van der Waals surface area contributed by atoms with Gasteiger partial charge in [0.2, 0.25) is 0 Å². The van der Waals surface area contributed by atoms with Gasteiger partial charge in [-0.1, -0.05) is 0 Å². The molecule has 1 atom stereocenters. The molecule has 134 valence electrons. The zero-order chi connectivity index (χ0) is 18.6. The molecular weight excluding hydrogens is 366 g/mol. The lowest BCUT2D eigenvalue weighted by atomic mass is 10.0. The maximum Gasteiger partial charge on any atom is 0.259 e. The van der Waals surface area contributed by atoms with Crippen LogP contribution >= 0.6 is 22.7 Å². The Morgan fingerprint density at radius 3 is 2.88 bits per heavy atom. The minimum absolute atomic E-state index is 0.0168. The number of nitrogens with one attached hydrogen (secondary N) is 1. The van der Waals surface area contributed by atoms with E-state index in [1.165, 1.54) is 11.3 Å². The third-order valence-corrected chi connectivity index (χ3v) is 7.37. The molecule has 0 radical (unpaired) electrons. The van der Waals surface area contributed by atoms with Crippen molar-refractivity contribution >= 4 is 37.9 Å². The highest BCUT2D eigenvalue weighted by molar-refractivity contribution is 7.18. The molecule has 26 heavy (non-hydrogen) atoms. The number of fused-ring (bicyclic) bond motifs is 2. The molecule has 0 fully saturated rings. The first-order valence-corrected chi connectivity index (χ1v) is 10.1. The van der Waals surface area contributed by atoms with Gasteiger partial charge in [-0.15, -0.1) is 22.7 Å². The number of nitriles is 1. The number of aromatic nitrogens is 2. The number of nitrogens with zero attached hydrogens (tertiary/aromatic N) is 3. The van der Waals surface area contributed by atoms with Crippen molar-refractivity contribution in [2.45, 2.75) is 39.8 Å². The molecule has 6 nitrogen and oxygen atoms in total. The number of aryl methyl sites for hydroxylation is 2. The first kappa shape index (κ1) is 17.2. The van der Waals surface area contributed by atoms with Crippen LogP contribution in [0.2, 0.25) is 0 Å². The SMILES string of the molecule is Cc1sc2nc([C@@H](C)N3CCc4c(sc(N)c4C#N)C3)[nH]c(=O)c2c1C. The van der Waals surface area contributed by atoms with Gasteiger partial charge in [-0.3, -0.25) is 9.69 Å². The van der Waals surface area contributed by atoms with E-state index in [0.29, 0.717) is 21.8 Å². The van der Waals surface area contributed by atoms with E-state index in [0.717, 1.165) is 45.2 Å². The molecule has 4 rings (SSSR count). The van der Waals surface area contributed by atoms with Gasteiger partial charge >= 0.3 is 0 Å². The molecule has 3 aromatic rings. The van der Waals surface area contributed by atoms with E-state index in [9.17, 15) is 10.1 Å². The summed E-state index contributed by atoms with van der Waals surface area (Å²) in [5, 5.41) is 10.6. The number of H-pyrrole nitrogens is 1. The third kappa shape index (κ3) is 2.55. The topological polar surface area (TPSA) is 98.8 Å². The first-order valence-electron chi connectivity index (χ1n) is 8.44. The molecule has 0 aliphatic carbocycles. The van der Waals surface area contributed by atoms with Crippen molar-refractivity contribution in [3.05, 3.63) is 42.6 Å². The molecule has 0 amide bonds. The molecule has 0 saturated heterocycles. The van der Waals surface area contributed by atoms with Crippen LogP contribution in [0.3, 0.4) is 0 Å². The largest absolute Gasteiger partial charge is 0.389 e. The van der Waals surface area contributed by atoms with E-state index in [-0.39, 0.29) is 11.6 Å². The Bertz CT molecular complexity index is 1120. The normalized spacial score (nSPS) is 15.8. The average molecular weight is 386 g/mol. The Labute approximate surface area is 158 Å². The molecule has 4 heterocycles. The second-order valence-corrected chi connectivity index (χ2v) is 9.01. The van der Waals surface area contributed by atoms with E-state index in [1.54, 1.807) is 11.3 Å². The summed E-state index contributed by atoms with van der Waals surface area (Å²) in [5.74, 6) is 0.692. The van der Waals surface area contributed by atoms with Gasteiger partial charge in [0.05, 0.1) is 17.0 Å². The van der Waals surface area contributed by atoms with Crippen molar-refractivity contribution < 1.29 is 0 Å². The fraction of sp³-hybridized carbons (Fsp3) is 0.389. The van der Waals surface area contributed by atoms with Crippen molar-refractivity contribution in [2.24, 2.45) is 0 Å². The van der Waals surface area contributed by atoms with Gasteiger partial charge in [0.1, 0.15) is 21.7 Å². The van der Waals surface area contributed by atoms with Gasteiger partial charge in [0.15, 0.2) is 0 Å². The quantitative estimate of drug-likeness (QED) is 0.705. The maximum absolute atomic E-state index is 12.5. The molecule has 3 N–H and O–H groups in total. The molecule has 0 unspecified atom stereocenters. The van der Waals surface area contributed by atoms with Gasteiger partial charge in [-0.05, 0) is 38.3 Å². The summed E-state index contributed by atoms with van der Waals surface area (Å²) in [6.45, 7) is 7.57. The van der Waals surface area contributed by atoms with Crippen molar-refractivity contribution in [1.29, 1.82) is 5.26 Å². The van der Waals surface area contributed by atoms with E-state index < -0.39 is 0 Å². The predicted molar refractivity (Wildman–Crippen MR) is 106 cm³/mol. The van der Waals surface area contributed by atoms with Gasteiger partial charge in [0, 0.05) is 22.8 Å². The van der Waals surface area contributed by atoms with Crippen molar-refractivity contribution in [2.75, 3.05) is 12.3 Å². The maximum atomic E-state index is 12.5. The number of hydrogen-bond acceptors (Lipinski definition) is 7. The Balaban J connectivity index is 1.68. The summed E-state index contributed by atoms with van der Waals surface area (Å²) in [6, 6.07) is 2.21. The summed E-state index contributed by atoms with van der Waals surface area (Å²) in [5.41, 5.74) is 8.65. The lowest BCUT2D eigenvalue weighted by Crippen LogP contribution is -2.34. The van der Waals surface area contributed by atoms with E-state index in [4.69, 9.17) is 10.7 Å². The molecule has 0 bridgehead atoms. The van der Waals surface area contributed by atoms with Gasteiger partial charge in [-0.2, -0.15) is 5.26 Å². The van der Waals surface area contributed by atoms with E-state index >= 15 is 0 Å².